The molecule has 0 aliphatic carbocycles. The van der Waals surface area contributed by atoms with Crippen LogP contribution in [0.15, 0.2) is 42.0 Å². The quantitative estimate of drug-likeness (QED) is 0.315. The number of morpholine rings is 1. The molecule has 188 valence electrons. The van der Waals surface area contributed by atoms with Gasteiger partial charge in [0.15, 0.2) is 22.5 Å². The number of benzene rings is 1. The molecule has 0 spiro atoms. The molecule has 7 nitrogen and oxygen atoms in total. The molecule has 14 heteroatoms. The number of thiazole rings is 1. The number of pyridine rings is 1. The molecule has 4 aromatic rings. The van der Waals surface area contributed by atoms with E-state index >= 15 is 0 Å². The van der Waals surface area contributed by atoms with Crippen molar-refractivity contribution in [2.24, 2.45) is 0 Å². The van der Waals surface area contributed by atoms with Gasteiger partial charge in [-0.15, -0.1) is 11.3 Å². The summed E-state index contributed by atoms with van der Waals surface area (Å²) >= 11 is 1.31. The van der Waals surface area contributed by atoms with E-state index in [1.54, 1.807) is 31.6 Å². The zero-order valence-electron chi connectivity index (χ0n) is 19.9. The van der Waals surface area contributed by atoms with Crippen molar-refractivity contribution in [1.29, 1.82) is 0 Å². The minimum Gasteiger partial charge on any atom is -0.378 e. The van der Waals surface area contributed by atoms with Crippen LogP contribution in [0.3, 0.4) is 0 Å². The third-order valence-electron chi connectivity index (χ3n) is 6.01. The summed E-state index contributed by atoms with van der Waals surface area (Å²) in [6.07, 6.45) is -1.75. The SMILES string of the molecule is Bc1ccc(C(F)(F)F)c(B)c1Nc1ccc(-c2csc(-c3ncc(F)c(N4CCOCC4)n3)n2)nc1. The normalized spacial score (nSPS) is 14.1. The summed E-state index contributed by atoms with van der Waals surface area (Å²) in [4.78, 5) is 19.3. The van der Waals surface area contributed by atoms with Gasteiger partial charge in [-0.25, -0.2) is 19.3 Å². The Kier molecular flexibility index (Phi) is 6.86. The van der Waals surface area contributed by atoms with E-state index in [9.17, 15) is 17.6 Å². The fourth-order valence-corrected chi connectivity index (χ4v) is 4.81. The molecule has 1 N–H and O–H groups in total. The van der Waals surface area contributed by atoms with Crippen molar-refractivity contribution in [2.75, 3.05) is 36.5 Å². The molecule has 1 aromatic carbocycles. The van der Waals surface area contributed by atoms with E-state index in [-0.39, 0.29) is 11.3 Å². The first-order valence-corrected chi connectivity index (χ1v) is 12.3. The monoisotopic (exact) mass is 526 g/mol. The van der Waals surface area contributed by atoms with Crippen LogP contribution in [-0.2, 0) is 10.9 Å². The Morgan fingerprint density at radius 3 is 2.46 bits per heavy atom. The molecule has 1 fully saturated rings. The summed E-state index contributed by atoms with van der Waals surface area (Å²) in [6, 6.07) is 5.99. The number of halogens is 4. The zero-order chi connectivity index (χ0) is 26.2. The zero-order valence-corrected chi connectivity index (χ0v) is 20.8. The number of nitrogens with zero attached hydrogens (tertiary/aromatic N) is 5. The molecular weight excluding hydrogens is 506 g/mol. The van der Waals surface area contributed by atoms with Crippen molar-refractivity contribution >= 4 is 55.1 Å². The topological polar surface area (TPSA) is 76.1 Å². The average molecular weight is 526 g/mol. The number of anilines is 3. The molecule has 0 unspecified atom stereocenters. The second-order valence-corrected chi connectivity index (χ2v) is 9.35. The highest BCUT2D eigenvalue weighted by molar-refractivity contribution is 7.13. The van der Waals surface area contributed by atoms with Gasteiger partial charge < -0.3 is 15.0 Å². The summed E-state index contributed by atoms with van der Waals surface area (Å²) in [7, 11) is 3.19. The van der Waals surface area contributed by atoms with Gasteiger partial charge in [-0.2, -0.15) is 13.2 Å². The van der Waals surface area contributed by atoms with Crippen molar-refractivity contribution in [3.8, 4) is 22.2 Å². The van der Waals surface area contributed by atoms with E-state index in [0.717, 1.165) is 12.3 Å². The number of hydrogen-bond donors (Lipinski definition) is 1. The largest absolute Gasteiger partial charge is 0.415 e. The lowest BCUT2D eigenvalue weighted by Gasteiger charge is -2.27. The molecule has 37 heavy (non-hydrogen) atoms. The average Bonchev–Trinajstić information content (AvgIpc) is 3.37. The smallest absolute Gasteiger partial charge is 0.378 e. The highest BCUT2D eigenvalue weighted by Gasteiger charge is 2.33. The standard InChI is InChI=1S/C23H20B2F4N6OS/c24-14-3-2-13(23(27,28)29)18(25)19(14)32-12-1-4-16(30-9-12)17-11-37-22(33-17)20-31-10-15(26)21(34-20)35-5-7-36-8-6-35/h1-4,9-11,32H,5-8,24-25H2. The lowest BCUT2D eigenvalue weighted by atomic mass is 9.81. The first kappa shape index (κ1) is 25.2. The van der Waals surface area contributed by atoms with Gasteiger partial charge in [-0.05, 0) is 12.1 Å². The molecule has 0 saturated carbocycles. The molecule has 0 bridgehead atoms. The van der Waals surface area contributed by atoms with E-state index < -0.39 is 17.6 Å². The second kappa shape index (κ2) is 10.1. The lowest BCUT2D eigenvalue weighted by molar-refractivity contribution is -0.136. The third-order valence-corrected chi connectivity index (χ3v) is 6.84. The predicted molar refractivity (Wildman–Crippen MR) is 140 cm³/mol. The Morgan fingerprint density at radius 2 is 1.76 bits per heavy atom. The summed E-state index contributed by atoms with van der Waals surface area (Å²) in [5.74, 6) is 0.0325. The molecule has 1 aliphatic heterocycles. The molecule has 0 atom stereocenters. The Hall–Kier alpha value is -3.51. The number of ether oxygens (including phenoxy) is 1. The van der Waals surface area contributed by atoms with Gasteiger partial charge in [0.1, 0.15) is 21.4 Å². The molecular formula is C23H20B2F4N6OS. The Bertz CT molecular complexity index is 1430. The van der Waals surface area contributed by atoms with Gasteiger partial charge in [-0.3, -0.25) is 4.98 Å². The molecule has 4 heterocycles. The summed E-state index contributed by atoms with van der Waals surface area (Å²) in [5.41, 5.74) is 2.22. The number of nitrogens with one attached hydrogen (secondary N) is 1. The summed E-state index contributed by atoms with van der Waals surface area (Å²) in [5, 5.41) is 5.37. The van der Waals surface area contributed by atoms with Gasteiger partial charge in [0, 0.05) is 24.2 Å². The molecule has 5 rings (SSSR count). The van der Waals surface area contributed by atoms with Crippen LogP contribution in [0.5, 0.6) is 0 Å². The van der Waals surface area contributed by atoms with Crippen molar-refractivity contribution in [3.63, 3.8) is 0 Å². The highest BCUT2D eigenvalue weighted by atomic mass is 32.1. The molecule has 1 saturated heterocycles. The minimum absolute atomic E-state index is 0.122. The first-order chi connectivity index (χ1) is 17.7. The number of hydrogen-bond acceptors (Lipinski definition) is 8. The second-order valence-electron chi connectivity index (χ2n) is 8.49. The highest BCUT2D eigenvalue weighted by Crippen LogP contribution is 2.30. The maximum Gasteiger partial charge on any atom is 0.415 e. The van der Waals surface area contributed by atoms with Crippen molar-refractivity contribution in [3.05, 3.63) is 53.4 Å². The van der Waals surface area contributed by atoms with E-state index in [0.29, 0.717) is 65.4 Å². The van der Waals surface area contributed by atoms with Crippen molar-refractivity contribution in [2.45, 2.75) is 6.18 Å². The number of aromatic nitrogens is 4. The van der Waals surface area contributed by atoms with Gasteiger partial charge >= 0.3 is 6.18 Å². The van der Waals surface area contributed by atoms with Crippen LogP contribution in [-0.4, -0.2) is 61.9 Å². The maximum absolute atomic E-state index is 14.4. The number of rotatable bonds is 5. The minimum atomic E-state index is -4.43. The fraction of sp³-hybridized carbons (Fsp3) is 0.217. The van der Waals surface area contributed by atoms with Crippen LogP contribution in [0.1, 0.15) is 5.56 Å². The Labute approximate surface area is 215 Å². The van der Waals surface area contributed by atoms with Crippen molar-refractivity contribution < 1.29 is 22.3 Å². The van der Waals surface area contributed by atoms with E-state index in [2.05, 4.69) is 25.3 Å². The van der Waals surface area contributed by atoms with Crippen LogP contribution >= 0.6 is 11.3 Å². The molecule has 1 aliphatic rings. The van der Waals surface area contributed by atoms with E-state index in [1.165, 1.54) is 25.2 Å². The van der Waals surface area contributed by atoms with Gasteiger partial charge in [0.05, 0.1) is 42.6 Å². The van der Waals surface area contributed by atoms with Crippen molar-refractivity contribution in [1.82, 2.24) is 19.9 Å². The van der Waals surface area contributed by atoms with Crippen LogP contribution in [0.4, 0.5) is 34.8 Å². The van der Waals surface area contributed by atoms with Gasteiger partial charge in [0.2, 0.25) is 0 Å². The summed E-state index contributed by atoms with van der Waals surface area (Å²) in [6.45, 7) is 2.09. The van der Waals surface area contributed by atoms with E-state index in [4.69, 9.17) is 4.74 Å². The van der Waals surface area contributed by atoms with Crippen LogP contribution in [0, 0.1) is 5.82 Å². The Balaban J connectivity index is 1.36. The number of alkyl halides is 3. The van der Waals surface area contributed by atoms with Crippen LogP contribution in [0.2, 0.25) is 0 Å². The van der Waals surface area contributed by atoms with Gasteiger partial charge in [0.25, 0.3) is 0 Å². The lowest BCUT2D eigenvalue weighted by Crippen LogP contribution is -2.37. The third kappa shape index (κ3) is 5.30. The molecule has 0 radical (unpaired) electrons. The Morgan fingerprint density at radius 1 is 0.973 bits per heavy atom. The predicted octanol–water partition coefficient (Wildman–Crippen LogP) is 1.92. The summed E-state index contributed by atoms with van der Waals surface area (Å²) < 4.78 is 59.7. The van der Waals surface area contributed by atoms with Gasteiger partial charge in [-0.1, -0.05) is 23.1 Å². The maximum atomic E-state index is 14.4. The van der Waals surface area contributed by atoms with Crippen LogP contribution < -0.4 is 21.1 Å². The van der Waals surface area contributed by atoms with Crippen LogP contribution in [0.25, 0.3) is 22.2 Å². The fourth-order valence-electron chi connectivity index (χ4n) is 4.06. The molecule has 0 amide bonds. The first-order valence-electron chi connectivity index (χ1n) is 11.4. The van der Waals surface area contributed by atoms with E-state index in [1.807, 2.05) is 4.90 Å². The molecule has 3 aromatic heterocycles.